The van der Waals surface area contributed by atoms with Gasteiger partial charge in [-0.2, -0.15) is 0 Å². The van der Waals surface area contributed by atoms with Gasteiger partial charge >= 0.3 is 0 Å². The fourth-order valence-corrected chi connectivity index (χ4v) is 3.94. The summed E-state index contributed by atoms with van der Waals surface area (Å²) in [6, 6.07) is 0. The first kappa shape index (κ1) is 12.5. The summed E-state index contributed by atoms with van der Waals surface area (Å²) in [5.41, 5.74) is 2.30. The van der Waals surface area contributed by atoms with Gasteiger partial charge < -0.3 is 4.43 Å². The average molecular weight is 322 g/mol. The van der Waals surface area contributed by atoms with E-state index in [1.165, 1.54) is 19.3 Å². The first-order valence-corrected chi connectivity index (χ1v) is 9.48. The SMILES string of the molecule is C[Si]1(C)C=CCC(CCC/C=C\I)O1. The third-order valence-corrected chi connectivity index (χ3v) is 4.86. The highest BCUT2D eigenvalue weighted by Crippen LogP contribution is 2.22. The summed E-state index contributed by atoms with van der Waals surface area (Å²) in [5, 5.41) is 0. The first-order valence-electron chi connectivity index (χ1n) is 5.25. The predicted molar refractivity (Wildman–Crippen MR) is 73.1 cm³/mol. The van der Waals surface area contributed by atoms with Crippen LogP contribution in [-0.2, 0) is 4.43 Å². The van der Waals surface area contributed by atoms with Gasteiger partial charge in [-0.25, -0.2) is 0 Å². The second-order valence-electron chi connectivity index (χ2n) is 4.27. The van der Waals surface area contributed by atoms with Crippen molar-refractivity contribution in [1.82, 2.24) is 0 Å². The Labute approximate surface area is 102 Å². The molecule has 0 fully saturated rings. The largest absolute Gasteiger partial charge is 0.410 e. The van der Waals surface area contributed by atoms with Gasteiger partial charge in [-0.1, -0.05) is 40.4 Å². The van der Waals surface area contributed by atoms with E-state index in [0.717, 1.165) is 6.42 Å². The monoisotopic (exact) mass is 322 g/mol. The lowest BCUT2D eigenvalue weighted by Crippen LogP contribution is -2.36. The normalized spacial score (nSPS) is 25.8. The van der Waals surface area contributed by atoms with Crippen LogP contribution in [0.15, 0.2) is 21.9 Å². The fraction of sp³-hybridized carbons (Fsp3) is 0.636. The fourth-order valence-electron chi connectivity index (χ4n) is 1.72. The van der Waals surface area contributed by atoms with Crippen LogP contribution in [0.25, 0.3) is 0 Å². The molecule has 1 nitrogen and oxygen atoms in total. The highest BCUT2D eigenvalue weighted by molar-refractivity contribution is 14.1. The van der Waals surface area contributed by atoms with Crippen LogP contribution in [0, 0.1) is 0 Å². The highest BCUT2D eigenvalue weighted by atomic mass is 127. The Morgan fingerprint density at radius 3 is 3.00 bits per heavy atom. The molecule has 3 heteroatoms. The van der Waals surface area contributed by atoms with Gasteiger partial charge in [-0.05, 0) is 42.9 Å². The van der Waals surface area contributed by atoms with E-state index < -0.39 is 8.32 Å². The van der Waals surface area contributed by atoms with Gasteiger partial charge in [0, 0.05) is 6.10 Å². The third-order valence-electron chi connectivity index (χ3n) is 2.37. The van der Waals surface area contributed by atoms with Crippen LogP contribution in [0.3, 0.4) is 0 Å². The molecule has 0 aliphatic carbocycles. The Kier molecular flexibility index (Phi) is 5.41. The van der Waals surface area contributed by atoms with Crippen LogP contribution >= 0.6 is 22.6 Å². The molecule has 0 radical (unpaired) electrons. The quantitative estimate of drug-likeness (QED) is 0.428. The summed E-state index contributed by atoms with van der Waals surface area (Å²) in [4.78, 5) is 0. The molecule has 0 saturated heterocycles. The summed E-state index contributed by atoms with van der Waals surface area (Å²) in [6.07, 6.45) is 9.80. The van der Waals surface area contributed by atoms with E-state index in [9.17, 15) is 0 Å². The molecule has 0 bridgehead atoms. The summed E-state index contributed by atoms with van der Waals surface area (Å²) in [7, 11) is -1.42. The first-order chi connectivity index (χ1) is 6.64. The molecule has 0 aromatic carbocycles. The lowest BCUT2D eigenvalue weighted by atomic mass is 10.1. The van der Waals surface area contributed by atoms with Crippen molar-refractivity contribution >= 4 is 30.9 Å². The molecule has 0 saturated carbocycles. The summed E-state index contributed by atoms with van der Waals surface area (Å²) < 4.78 is 8.18. The Balaban J connectivity index is 2.23. The maximum absolute atomic E-state index is 6.08. The molecule has 1 aliphatic rings. The lowest BCUT2D eigenvalue weighted by Gasteiger charge is -2.30. The summed E-state index contributed by atoms with van der Waals surface area (Å²) in [6.45, 7) is 4.53. The summed E-state index contributed by atoms with van der Waals surface area (Å²) in [5.74, 6) is 0. The Hall–Kier alpha value is 0.387. The van der Waals surface area contributed by atoms with Gasteiger partial charge in [0.15, 0.2) is 0 Å². The Morgan fingerprint density at radius 2 is 2.36 bits per heavy atom. The molecule has 0 N–H and O–H groups in total. The minimum atomic E-state index is -1.42. The van der Waals surface area contributed by atoms with Crippen molar-refractivity contribution in [3.05, 3.63) is 21.9 Å². The highest BCUT2D eigenvalue weighted by Gasteiger charge is 2.26. The van der Waals surface area contributed by atoms with Crippen molar-refractivity contribution in [2.45, 2.75) is 44.9 Å². The van der Waals surface area contributed by atoms with E-state index in [2.05, 4.69) is 57.6 Å². The van der Waals surface area contributed by atoms with Crippen LogP contribution in [0.4, 0.5) is 0 Å². The molecule has 0 aromatic rings. The summed E-state index contributed by atoms with van der Waals surface area (Å²) >= 11 is 2.27. The number of hydrogen-bond donors (Lipinski definition) is 0. The van der Waals surface area contributed by atoms with E-state index in [1.807, 2.05) is 0 Å². The molecule has 0 amide bonds. The lowest BCUT2D eigenvalue weighted by molar-refractivity contribution is 0.181. The molecule has 1 rings (SSSR count). The van der Waals surface area contributed by atoms with Gasteiger partial charge in [-0.15, -0.1) is 0 Å². The van der Waals surface area contributed by atoms with Crippen LogP contribution in [0.1, 0.15) is 25.7 Å². The van der Waals surface area contributed by atoms with Gasteiger partial charge in [0.2, 0.25) is 8.32 Å². The van der Waals surface area contributed by atoms with E-state index in [4.69, 9.17) is 4.43 Å². The second-order valence-corrected chi connectivity index (χ2v) is 8.77. The zero-order chi connectivity index (χ0) is 10.4. The van der Waals surface area contributed by atoms with Crippen LogP contribution in [0.5, 0.6) is 0 Å². The van der Waals surface area contributed by atoms with Crippen molar-refractivity contribution in [3.8, 4) is 0 Å². The van der Waals surface area contributed by atoms with Crippen molar-refractivity contribution in [3.63, 3.8) is 0 Å². The van der Waals surface area contributed by atoms with Crippen molar-refractivity contribution < 1.29 is 4.43 Å². The predicted octanol–water partition coefficient (Wildman–Crippen LogP) is 4.19. The number of halogens is 1. The van der Waals surface area contributed by atoms with E-state index >= 15 is 0 Å². The van der Waals surface area contributed by atoms with E-state index in [-0.39, 0.29) is 0 Å². The van der Waals surface area contributed by atoms with Gasteiger partial charge in [-0.3, -0.25) is 0 Å². The second kappa shape index (κ2) is 6.08. The van der Waals surface area contributed by atoms with Gasteiger partial charge in [0.05, 0.1) is 0 Å². The maximum Gasteiger partial charge on any atom is 0.211 e. The topological polar surface area (TPSA) is 9.23 Å². The maximum atomic E-state index is 6.08. The van der Waals surface area contributed by atoms with E-state index in [0.29, 0.717) is 6.10 Å². The van der Waals surface area contributed by atoms with Crippen molar-refractivity contribution in [1.29, 1.82) is 0 Å². The molecule has 1 unspecified atom stereocenters. The average Bonchev–Trinajstić information content (AvgIpc) is 2.11. The van der Waals surface area contributed by atoms with Crippen molar-refractivity contribution in [2.75, 3.05) is 0 Å². The number of allylic oxidation sites excluding steroid dienone is 1. The smallest absolute Gasteiger partial charge is 0.211 e. The Morgan fingerprint density at radius 1 is 1.57 bits per heavy atom. The molecule has 1 aliphatic heterocycles. The van der Waals surface area contributed by atoms with Crippen molar-refractivity contribution in [2.24, 2.45) is 0 Å². The zero-order valence-electron chi connectivity index (χ0n) is 9.00. The van der Waals surface area contributed by atoms with Crippen LogP contribution in [0.2, 0.25) is 13.1 Å². The zero-order valence-corrected chi connectivity index (χ0v) is 12.2. The van der Waals surface area contributed by atoms with E-state index in [1.54, 1.807) is 0 Å². The molecule has 0 spiro atoms. The minimum Gasteiger partial charge on any atom is -0.410 e. The number of hydrogen-bond acceptors (Lipinski definition) is 1. The Bertz CT molecular complexity index is 223. The molecule has 1 heterocycles. The number of rotatable bonds is 4. The van der Waals surface area contributed by atoms with Crippen LogP contribution < -0.4 is 0 Å². The van der Waals surface area contributed by atoms with Gasteiger partial charge in [0.25, 0.3) is 0 Å². The molecular formula is C11H19IOSi. The molecule has 1 atom stereocenters. The molecule has 80 valence electrons. The molecular weight excluding hydrogens is 303 g/mol. The number of unbranched alkanes of at least 4 members (excludes halogenated alkanes) is 1. The minimum absolute atomic E-state index is 0.490. The van der Waals surface area contributed by atoms with Crippen LogP contribution in [-0.4, -0.2) is 14.4 Å². The van der Waals surface area contributed by atoms with Gasteiger partial charge in [0.1, 0.15) is 0 Å². The molecule has 14 heavy (non-hydrogen) atoms. The standard InChI is InChI=1S/C11H19IOSi/c1-14(2)10-6-8-11(13-14)7-4-3-5-9-12/h5-6,9-11H,3-4,7-8H2,1-2H3/b9-5-. The third kappa shape index (κ3) is 4.75. The molecule has 0 aromatic heterocycles.